The van der Waals surface area contributed by atoms with Gasteiger partial charge in [0.05, 0.1) is 24.4 Å². The highest BCUT2D eigenvalue weighted by Gasteiger charge is 2.52. The van der Waals surface area contributed by atoms with Crippen LogP contribution in [0, 0.1) is 11.8 Å². The summed E-state index contributed by atoms with van der Waals surface area (Å²) in [5, 5.41) is 18.6. The third-order valence-corrected chi connectivity index (χ3v) is 15.2. The van der Waals surface area contributed by atoms with Gasteiger partial charge in [0.15, 0.2) is 26.0 Å². The molecule has 58 heavy (non-hydrogen) atoms. The average Bonchev–Trinajstić information content (AvgIpc) is 3.55. The normalized spacial score (nSPS) is 19.1. The first-order valence-corrected chi connectivity index (χ1v) is 22.4. The summed E-state index contributed by atoms with van der Waals surface area (Å²) < 4.78 is 23.3. The molecule has 16 heteroatoms. The van der Waals surface area contributed by atoms with Crippen molar-refractivity contribution in [1.82, 2.24) is 15.5 Å². The topological polar surface area (TPSA) is 185 Å². The number of nitrogens with one attached hydrogen (secondary N) is 3. The Kier molecular flexibility index (Phi) is 14.8. The summed E-state index contributed by atoms with van der Waals surface area (Å²) in [6, 6.07) is 7.02. The van der Waals surface area contributed by atoms with E-state index in [2.05, 4.69) is 62.5 Å². The maximum absolute atomic E-state index is 14.4. The van der Waals surface area contributed by atoms with Gasteiger partial charge in [0.2, 0.25) is 11.8 Å². The highest BCUT2D eigenvalue weighted by molar-refractivity contribution is 6.74. The minimum atomic E-state index is -2.60. The van der Waals surface area contributed by atoms with Gasteiger partial charge in [-0.05, 0) is 74.0 Å². The van der Waals surface area contributed by atoms with E-state index in [9.17, 15) is 29.1 Å². The Balaban J connectivity index is 1.55. The van der Waals surface area contributed by atoms with Crippen LogP contribution in [0.25, 0.3) is 0 Å². The highest BCUT2D eigenvalue weighted by Crippen LogP contribution is 2.45. The zero-order chi connectivity index (χ0) is 43.1. The van der Waals surface area contributed by atoms with Crippen molar-refractivity contribution < 1.29 is 47.7 Å². The lowest BCUT2D eigenvalue weighted by atomic mass is 10.0. The SMILES string of the molecule is C=CCOC(=O)N[C@H](C(=O)N[C@@H](C)C(=O)Nc1ccc(COC(=O)N2c3cc(O)c(OC)cc3C(=O)N3CC(/C=C/C)C[C@H]3[C@@H]2O[Si](C)(C)C(C)(C)C)cc1)C(C)C. The van der Waals surface area contributed by atoms with Crippen LogP contribution in [-0.2, 0) is 30.1 Å². The summed E-state index contributed by atoms with van der Waals surface area (Å²) in [6.07, 6.45) is 3.48. The van der Waals surface area contributed by atoms with Crippen LogP contribution < -0.4 is 25.6 Å². The number of nitrogens with zero attached hydrogens (tertiary/aromatic N) is 2. The molecule has 0 aliphatic carbocycles. The number of aromatic hydroxyl groups is 1. The molecule has 4 rings (SSSR count). The van der Waals surface area contributed by atoms with Crippen LogP contribution in [0.2, 0.25) is 18.1 Å². The Morgan fingerprint density at radius 1 is 1.03 bits per heavy atom. The highest BCUT2D eigenvalue weighted by atomic mass is 28.4. The predicted octanol–water partition coefficient (Wildman–Crippen LogP) is 6.69. The maximum atomic E-state index is 14.4. The number of hydrogen-bond acceptors (Lipinski definition) is 10. The minimum absolute atomic E-state index is 0.0152. The van der Waals surface area contributed by atoms with Gasteiger partial charge in [-0.15, -0.1) is 0 Å². The number of benzene rings is 2. The molecule has 5 amide bonds. The van der Waals surface area contributed by atoms with Gasteiger partial charge in [-0.2, -0.15) is 0 Å². The Labute approximate surface area is 342 Å². The number of amides is 5. The molecule has 1 fully saturated rings. The fourth-order valence-electron chi connectivity index (χ4n) is 6.54. The van der Waals surface area contributed by atoms with Gasteiger partial charge in [0, 0.05) is 18.3 Å². The van der Waals surface area contributed by atoms with E-state index < -0.39 is 56.7 Å². The first-order valence-electron chi connectivity index (χ1n) is 19.5. The van der Waals surface area contributed by atoms with Gasteiger partial charge in [0.1, 0.15) is 25.3 Å². The zero-order valence-electron chi connectivity index (χ0n) is 35.2. The molecule has 2 aromatic carbocycles. The maximum Gasteiger partial charge on any atom is 0.416 e. The van der Waals surface area contributed by atoms with Gasteiger partial charge in [0.25, 0.3) is 5.91 Å². The van der Waals surface area contributed by atoms with Gasteiger partial charge in [-0.1, -0.05) is 71.6 Å². The van der Waals surface area contributed by atoms with Crippen LogP contribution in [0.5, 0.6) is 11.5 Å². The summed E-state index contributed by atoms with van der Waals surface area (Å²) in [5.74, 6) is -1.77. The number of ether oxygens (including phenoxy) is 3. The summed E-state index contributed by atoms with van der Waals surface area (Å²) in [4.78, 5) is 69.9. The van der Waals surface area contributed by atoms with Crippen LogP contribution >= 0.6 is 0 Å². The second-order valence-electron chi connectivity index (χ2n) is 16.5. The van der Waals surface area contributed by atoms with Crippen molar-refractivity contribution in [3.05, 3.63) is 72.3 Å². The van der Waals surface area contributed by atoms with Crippen molar-refractivity contribution in [1.29, 1.82) is 0 Å². The molecule has 2 aromatic rings. The van der Waals surface area contributed by atoms with Gasteiger partial charge >= 0.3 is 12.2 Å². The third kappa shape index (κ3) is 10.6. The van der Waals surface area contributed by atoms with E-state index in [1.54, 1.807) is 43.0 Å². The molecule has 5 atom stereocenters. The van der Waals surface area contributed by atoms with E-state index in [0.717, 1.165) is 0 Å². The zero-order valence-corrected chi connectivity index (χ0v) is 36.2. The first kappa shape index (κ1) is 45.4. The van der Waals surface area contributed by atoms with Crippen molar-refractivity contribution in [3.63, 3.8) is 0 Å². The van der Waals surface area contributed by atoms with E-state index >= 15 is 0 Å². The number of methoxy groups -OCH3 is 1. The molecule has 0 spiro atoms. The quantitative estimate of drug-likeness (QED) is 0.118. The number of alkyl carbamates (subject to hydrolysis) is 1. The summed E-state index contributed by atoms with van der Waals surface area (Å²) in [6.45, 7) is 21.1. The molecule has 1 unspecified atom stereocenters. The lowest BCUT2D eigenvalue weighted by molar-refractivity contribution is -0.128. The fourth-order valence-corrected chi connectivity index (χ4v) is 7.76. The van der Waals surface area contributed by atoms with Crippen LogP contribution in [0.3, 0.4) is 0 Å². The number of rotatable bonds is 14. The van der Waals surface area contributed by atoms with Crippen LogP contribution in [0.1, 0.15) is 70.8 Å². The molecule has 2 aliphatic rings. The lowest BCUT2D eigenvalue weighted by Crippen LogP contribution is -2.58. The van der Waals surface area contributed by atoms with Crippen molar-refractivity contribution in [2.75, 3.05) is 30.5 Å². The van der Waals surface area contributed by atoms with E-state index in [1.807, 2.05) is 13.0 Å². The van der Waals surface area contributed by atoms with Crippen molar-refractivity contribution in [3.8, 4) is 11.5 Å². The molecule has 0 aromatic heterocycles. The summed E-state index contributed by atoms with van der Waals surface area (Å²) in [5.41, 5.74) is 1.35. The second kappa shape index (κ2) is 18.9. The van der Waals surface area contributed by atoms with E-state index in [-0.39, 0.29) is 58.7 Å². The number of fused-ring (bicyclic) bond motifs is 2. The first-order chi connectivity index (χ1) is 27.2. The Bertz CT molecular complexity index is 1880. The smallest absolute Gasteiger partial charge is 0.416 e. The summed E-state index contributed by atoms with van der Waals surface area (Å²) >= 11 is 0. The predicted molar refractivity (Wildman–Crippen MR) is 223 cm³/mol. The van der Waals surface area contributed by atoms with Crippen molar-refractivity contribution in [2.45, 2.75) is 104 Å². The number of carbonyl (C=O) groups excluding carboxylic acids is 5. The number of anilines is 2. The number of carbonyl (C=O) groups is 5. The molecule has 0 radical (unpaired) electrons. The molecule has 15 nitrogen and oxygen atoms in total. The molecular formula is C42H59N5O10Si. The Morgan fingerprint density at radius 2 is 1.71 bits per heavy atom. The number of phenols is 1. The standard InChI is InChI=1S/C42H59N5O10Si/c1-12-14-28-20-32-39(57-58(10,11)42(6,7)8)47(31-22-33(48)34(54-9)21-30(31)38(51)46(32)23-28)41(53)56-24-27-15-17-29(18-16-27)44-36(49)26(5)43-37(50)35(25(3)4)45-40(52)55-19-13-2/h12-18,21-22,25-26,28,32,35,39,48H,2,19-20,23-24H2,1,3-11H3,(H,43,50)(H,44,49)(H,45,52)/b14-12+/t26-,28?,32-,35-,39-/m0/s1. The minimum Gasteiger partial charge on any atom is -0.504 e. The molecule has 2 heterocycles. The lowest BCUT2D eigenvalue weighted by Gasteiger charge is -2.44. The van der Waals surface area contributed by atoms with Crippen LogP contribution in [0.15, 0.2) is 61.2 Å². The molecule has 0 bridgehead atoms. The number of allylic oxidation sites excluding steroid dienone is 1. The monoisotopic (exact) mass is 821 g/mol. The molecular weight excluding hydrogens is 763 g/mol. The average molecular weight is 822 g/mol. The third-order valence-electron chi connectivity index (χ3n) is 10.8. The van der Waals surface area contributed by atoms with Gasteiger partial charge in [-0.25, -0.2) is 14.5 Å². The van der Waals surface area contributed by atoms with E-state index in [4.69, 9.17) is 18.6 Å². The van der Waals surface area contributed by atoms with Gasteiger partial charge in [-0.3, -0.25) is 14.4 Å². The second-order valence-corrected chi connectivity index (χ2v) is 21.2. The molecule has 2 aliphatic heterocycles. The van der Waals surface area contributed by atoms with E-state index in [1.165, 1.54) is 37.1 Å². The molecule has 0 saturated carbocycles. The van der Waals surface area contributed by atoms with Crippen molar-refractivity contribution in [2.24, 2.45) is 11.8 Å². The number of hydrogen-bond donors (Lipinski definition) is 4. The van der Waals surface area contributed by atoms with E-state index in [0.29, 0.717) is 24.2 Å². The van der Waals surface area contributed by atoms with Gasteiger partial charge < -0.3 is 44.6 Å². The number of phenolic OH excluding ortho intramolecular Hbond substituents is 1. The molecule has 4 N–H and O–H groups in total. The Hall–Kier alpha value is -5.35. The molecule has 316 valence electrons. The largest absolute Gasteiger partial charge is 0.504 e. The van der Waals surface area contributed by atoms with Crippen LogP contribution in [-0.4, -0.2) is 92.8 Å². The summed E-state index contributed by atoms with van der Waals surface area (Å²) in [7, 11) is -1.21. The fraction of sp³-hybridized carbons (Fsp3) is 0.500. The molecule has 1 saturated heterocycles. The van der Waals surface area contributed by atoms with Crippen molar-refractivity contribution >= 4 is 49.6 Å². The Morgan fingerprint density at radius 3 is 2.29 bits per heavy atom. The van der Waals surface area contributed by atoms with Crippen LogP contribution in [0.4, 0.5) is 21.0 Å².